The van der Waals surface area contributed by atoms with E-state index in [1.54, 1.807) is 20.8 Å². The van der Waals surface area contributed by atoms with Crippen LogP contribution in [-0.4, -0.2) is 194 Å². The van der Waals surface area contributed by atoms with Crippen LogP contribution < -0.4 is 0 Å². The van der Waals surface area contributed by atoms with Crippen LogP contribution in [0, 0.1) is 11.8 Å². The highest BCUT2D eigenvalue weighted by molar-refractivity contribution is 4.94. The van der Waals surface area contributed by atoms with Crippen molar-refractivity contribution in [2.24, 2.45) is 11.8 Å². The molecule has 3 fully saturated rings. The van der Waals surface area contributed by atoms with Gasteiger partial charge in [0, 0.05) is 11.8 Å². The van der Waals surface area contributed by atoms with Crippen LogP contribution in [0.1, 0.15) is 27.7 Å². The van der Waals surface area contributed by atoms with Gasteiger partial charge in [-0.05, 0) is 13.8 Å². The second-order valence-electron chi connectivity index (χ2n) is 12.2. The molecule has 0 saturated carbocycles. The quantitative estimate of drug-likeness (QED) is 0.0721. The summed E-state index contributed by atoms with van der Waals surface area (Å²) in [4.78, 5) is 0. The third-order valence-corrected chi connectivity index (χ3v) is 9.03. The standard InChI is InChI=1S/C28H52O18/c1-10-12(3)40-16(7-31)26(19(10)34)46-27-11(2)20(35)25(17(8-32)44-27)45-18(9-33)42-14(5-29)21(36)13(4)41-28-24(39)23(38)22(37)15(6-30)43-28/h10-39H,5-9H2,1-4H3/t10-,11+,12+,13-,14?,15-,16?,17?,18+,19?,20?,21+,22-,23?,24?,25-,26-,27+,28+/m1/s1. The van der Waals surface area contributed by atoms with E-state index in [1.807, 2.05) is 0 Å². The van der Waals surface area contributed by atoms with Gasteiger partial charge in [0.05, 0.1) is 57.5 Å². The van der Waals surface area contributed by atoms with Gasteiger partial charge in [-0.3, -0.25) is 0 Å². The Morgan fingerprint density at radius 1 is 0.609 bits per heavy atom. The van der Waals surface area contributed by atoms with E-state index >= 15 is 0 Å². The minimum Gasteiger partial charge on any atom is -0.394 e. The van der Waals surface area contributed by atoms with E-state index < -0.39 is 137 Å². The Morgan fingerprint density at radius 3 is 1.74 bits per heavy atom. The first-order valence-electron chi connectivity index (χ1n) is 15.4. The Balaban J connectivity index is 1.64. The molecule has 18 heteroatoms. The molecule has 3 heterocycles. The van der Waals surface area contributed by atoms with Gasteiger partial charge in [0.25, 0.3) is 0 Å². The Labute approximate surface area is 266 Å². The maximum absolute atomic E-state index is 11.2. The molecule has 0 aromatic carbocycles. The number of hydrogen-bond acceptors (Lipinski definition) is 18. The second kappa shape index (κ2) is 17.8. The lowest BCUT2D eigenvalue weighted by Crippen LogP contribution is -2.61. The first-order chi connectivity index (χ1) is 21.7. The molecule has 272 valence electrons. The fraction of sp³-hybridized carbons (Fsp3) is 1.00. The van der Waals surface area contributed by atoms with Gasteiger partial charge in [-0.1, -0.05) is 13.8 Å². The van der Waals surface area contributed by atoms with Gasteiger partial charge in [0.15, 0.2) is 18.9 Å². The average molecular weight is 677 g/mol. The van der Waals surface area contributed by atoms with Crippen LogP contribution in [0.4, 0.5) is 0 Å². The molecule has 3 saturated heterocycles. The molecule has 19 atom stereocenters. The van der Waals surface area contributed by atoms with Crippen LogP contribution in [0.3, 0.4) is 0 Å². The summed E-state index contributed by atoms with van der Waals surface area (Å²) in [6, 6.07) is 0. The highest BCUT2D eigenvalue weighted by atomic mass is 16.7. The summed E-state index contributed by atoms with van der Waals surface area (Å²) in [5.74, 6) is -1.18. The number of aliphatic hydroxyl groups excluding tert-OH is 11. The molecule has 11 N–H and O–H groups in total. The first kappa shape index (κ1) is 39.7. The SMILES string of the molecule is C[C@@H]1OC(CO)[C@@H](O[C@@H]2OC(CO)[C@@H](O[C@@H](CO)OC(CO)[C@@H](O)[C@@H](C)O[C@H]3O[C@H](CO)[C@@H](O)C(O)C3O)C(O)[C@@H]2C)C(O)[C@@H]1C. The molecule has 3 aliphatic heterocycles. The van der Waals surface area contributed by atoms with Crippen molar-refractivity contribution in [2.45, 2.75) is 132 Å². The Kier molecular flexibility index (Phi) is 15.4. The second-order valence-corrected chi connectivity index (χ2v) is 12.2. The number of ether oxygens (including phenoxy) is 7. The van der Waals surface area contributed by atoms with Crippen molar-refractivity contribution < 1.29 is 89.3 Å². The number of rotatable bonds is 15. The molecule has 0 bridgehead atoms. The molecule has 0 spiro atoms. The van der Waals surface area contributed by atoms with Gasteiger partial charge in [0.1, 0.15) is 61.0 Å². The lowest BCUT2D eigenvalue weighted by molar-refractivity contribution is -0.348. The van der Waals surface area contributed by atoms with Crippen molar-refractivity contribution in [2.75, 3.05) is 33.0 Å². The van der Waals surface area contributed by atoms with Crippen molar-refractivity contribution in [3.63, 3.8) is 0 Å². The van der Waals surface area contributed by atoms with Crippen LogP contribution in [0.2, 0.25) is 0 Å². The molecule has 0 aromatic rings. The molecule has 0 aromatic heterocycles. The van der Waals surface area contributed by atoms with E-state index in [4.69, 9.17) is 33.2 Å². The zero-order chi connectivity index (χ0) is 34.5. The molecule has 0 aliphatic carbocycles. The van der Waals surface area contributed by atoms with E-state index in [0.717, 1.165) is 0 Å². The summed E-state index contributed by atoms with van der Waals surface area (Å²) < 4.78 is 39.7. The monoisotopic (exact) mass is 676 g/mol. The lowest BCUT2D eigenvalue weighted by atomic mass is 9.88. The molecule has 0 amide bonds. The van der Waals surface area contributed by atoms with Gasteiger partial charge in [0.2, 0.25) is 0 Å². The summed E-state index contributed by atoms with van der Waals surface area (Å²) in [5, 5.41) is 112. The van der Waals surface area contributed by atoms with E-state index in [1.165, 1.54) is 6.92 Å². The van der Waals surface area contributed by atoms with Crippen molar-refractivity contribution in [3.05, 3.63) is 0 Å². The smallest absolute Gasteiger partial charge is 0.187 e. The normalized spacial score (nSPS) is 44.8. The largest absolute Gasteiger partial charge is 0.394 e. The highest BCUT2D eigenvalue weighted by Gasteiger charge is 2.50. The zero-order valence-corrected chi connectivity index (χ0v) is 26.3. The Morgan fingerprint density at radius 2 is 1.17 bits per heavy atom. The van der Waals surface area contributed by atoms with E-state index in [-0.39, 0.29) is 12.0 Å². The maximum Gasteiger partial charge on any atom is 0.187 e. The van der Waals surface area contributed by atoms with Crippen LogP contribution in [0.25, 0.3) is 0 Å². The maximum atomic E-state index is 11.2. The zero-order valence-electron chi connectivity index (χ0n) is 26.3. The minimum absolute atomic E-state index is 0.344. The fourth-order valence-corrected chi connectivity index (χ4v) is 5.76. The predicted molar refractivity (Wildman–Crippen MR) is 150 cm³/mol. The van der Waals surface area contributed by atoms with Gasteiger partial charge in [-0.15, -0.1) is 0 Å². The van der Waals surface area contributed by atoms with Crippen LogP contribution in [0.15, 0.2) is 0 Å². The summed E-state index contributed by atoms with van der Waals surface area (Å²) in [6.07, 6.45) is -22.3. The molecule has 7 unspecified atom stereocenters. The predicted octanol–water partition coefficient (Wildman–Crippen LogP) is -5.49. The first-order valence-corrected chi connectivity index (χ1v) is 15.4. The molecular weight excluding hydrogens is 624 g/mol. The minimum atomic E-state index is -1.75. The topological polar surface area (TPSA) is 287 Å². The molecule has 18 nitrogen and oxygen atoms in total. The number of aliphatic hydroxyl groups is 11. The third kappa shape index (κ3) is 8.89. The van der Waals surface area contributed by atoms with Crippen molar-refractivity contribution in [3.8, 4) is 0 Å². The van der Waals surface area contributed by atoms with Crippen molar-refractivity contribution in [1.29, 1.82) is 0 Å². The summed E-state index contributed by atoms with van der Waals surface area (Å²) in [7, 11) is 0. The van der Waals surface area contributed by atoms with E-state index in [9.17, 15) is 56.2 Å². The molecule has 0 radical (unpaired) electrons. The van der Waals surface area contributed by atoms with Gasteiger partial charge >= 0.3 is 0 Å². The summed E-state index contributed by atoms with van der Waals surface area (Å²) in [6.45, 7) is 2.92. The van der Waals surface area contributed by atoms with Crippen molar-refractivity contribution >= 4 is 0 Å². The third-order valence-electron chi connectivity index (χ3n) is 9.03. The molecule has 3 aliphatic rings. The Bertz CT molecular complexity index is 881. The van der Waals surface area contributed by atoms with Crippen LogP contribution in [-0.2, 0) is 33.2 Å². The van der Waals surface area contributed by atoms with E-state index in [2.05, 4.69) is 0 Å². The average Bonchev–Trinajstić information content (AvgIpc) is 3.05. The number of hydrogen-bond donors (Lipinski definition) is 11. The molecule has 3 rings (SSSR count). The van der Waals surface area contributed by atoms with Crippen LogP contribution in [0.5, 0.6) is 0 Å². The van der Waals surface area contributed by atoms with E-state index in [0.29, 0.717) is 0 Å². The molecular formula is C28H52O18. The highest BCUT2D eigenvalue weighted by Crippen LogP contribution is 2.35. The summed E-state index contributed by atoms with van der Waals surface area (Å²) >= 11 is 0. The van der Waals surface area contributed by atoms with Crippen molar-refractivity contribution in [1.82, 2.24) is 0 Å². The van der Waals surface area contributed by atoms with Gasteiger partial charge in [-0.2, -0.15) is 0 Å². The molecule has 46 heavy (non-hydrogen) atoms. The van der Waals surface area contributed by atoms with Gasteiger partial charge in [-0.25, -0.2) is 0 Å². The fourth-order valence-electron chi connectivity index (χ4n) is 5.76. The van der Waals surface area contributed by atoms with Crippen LogP contribution >= 0.6 is 0 Å². The van der Waals surface area contributed by atoms with Gasteiger partial charge < -0.3 is 89.3 Å². The Hall–Kier alpha value is -0.720. The summed E-state index contributed by atoms with van der Waals surface area (Å²) in [5.41, 5.74) is 0. The lowest BCUT2D eigenvalue weighted by Gasteiger charge is -2.48.